The molecule has 1 aliphatic rings. The summed E-state index contributed by atoms with van der Waals surface area (Å²) in [5.74, 6) is -0.466. The standard InChI is InChI=1S/C23H22ClN3O3/c1-30-23(29)21(17-7-3-4-8-18(17)24)26-12-14-27(15-13-26)22(28)20-11-10-16-6-2-5-9-19(16)25-20/h2-11,21H,12-15H2,1H3. The van der Waals surface area contributed by atoms with Gasteiger partial charge in [-0.1, -0.05) is 54.1 Å². The number of carbonyl (C=O) groups is 2. The third kappa shape index (κ3) is 4.01. The van der Waals surface area contributed by atoms with Gasteiger partial charge in [-0.25, -0.2) is 9.78 Å². The Hall–Kier alpha value is -2.96. The molecule has 1 unspecified atom stereocenters. The zero-order chi connectivity index (χ0) is 21.1. The van der Waals surface area contributed by atoms with Crippen LogP contribution in [-0.4, -0.2) is 59.9 Å². The molecule has 2 heterocycles. The fourth-order valence-corrected chi connectivity index (χ4v) is 4.05. The van der Waals surface area contributed by atoms with E-state index >= 15 is 0 Å². The normalized spacial score (nSPS) is 15.7. The van der Waals surface area contributed by atoms with Crippen molar-refractivity contribution >= 4 is 34.4 Å². The molecule has 30 heavy (non-hydrogen) atoms. The van der Waals surface area contributed by atoms with Crippen LogP contribution in [0.15, 0.2) is 60.7 Å². The second-order valence-corrected chi connectivity index (χ2v) is 7.57. The first-order chi connectivity index (χ1) is 14.6. The van der Waals surface area contributed by atoms with Crippen LogP contribution in [0.1, 0.15) is 22.1 Å². The first-order valence-electron chi connectivity index (χ1n) is 9.80. The highest BCUT2D eigenvalue weighted by atomic mass is 35.5. The van der Waals surface area contributed by atoms with Gasteiger partial charge >= 0.3 is 5.97 Å². The van der Waals surface area contributed by atoms with E-state index < -0.39 is 6.04 Å². The Morgan fingerprint density at radius 3 is 2.40 bits per heavy atom. The number of methoxy groups -OCH3 is 1. The minimum Gasteiger partial charge on any atom is -0.468 e. The number of fused-ring (bicyclic) bond motifs is 1. The van der Waals surface area contributed by atoms with E-state index in [1.807, 2.05) is 53.4 Å². The molecule has 0 spiro atoms. The summed E-state index contributed by atoms with van der Waals surface area (Å²) in [6, 6.07) is 18.1. The van der Waals surface area contributed by atoms with Gasteiger partial charge in [0.15, 0.2) is 0 Å². The van der Waals surface area contributed by atoms with Crippen LogP contribution >= 0.6 is 11.6 Å². The highest BCUT2D eigenvalue weighted by Crippen LogP contribution is 2.29. The van der Waals surface area contributed by atoms with Crippen LogP contribution in [0.4, 0.5) is 0 Å². The van der Waals surface area contributed by atoms with Gasteiger partial charge in [0.1, 0.15) is 11.7 Å². The molecule has 1 saturated heterocycles. The Balaban J connectivity index is 1.49. The van der Waals surface area contributed by atoms with Crippen LogP contribution < -0.4 is 0 Å². The molecule has 1 atom stereocenters. The van der Waals surface area contributed by atoms with Crippen molar-refractivity contribution in [3.05, 3.63) is 76.9 Å². The van der Waals surface area contributed by atoms with E-state index in [2.05, 4.69) is 4.98 Å². The predicted octanol–water partition coefficient (Wildman–Crippen LogP) is 3.56. The third-order valence-corrected chi connectivity index (χ3v) is 5.75. The lowest BCUT2D eigenvalue weighted by Crippen LogP contribution is -2.51. The van der Waals surface area contributed by atoms with Crippen molar-refractivity contribution in [1.29, 1.82) is 0 Å². The minimum absolute atomic E-state index is 0.104. The molecule has 3 aromatic rings. The minimum atomic E-state index is -0.597. The van der Waals surface area contributed by atoms with Crippen LogP contribution in [-0.2, 0) is 9.53 Å². The average molecular weight is 424 g/mol. The number of rotatable bonds is 4. The van der Waals surface area contributed by atoms with Crippen LogP contribution in [0.5, 0.6) is 0 Å². The number of benzene rings is 2. The second-order valence-electron chi connectivity index (χ2n) is 7.16. The maximum Gasteiger partial charge on any atom is 0.327 e. The number of hydrogen-bond acceptors (Lipinski definition) is 5. The smallest absolute Gasteiger partial charge is 0.327 e. The highest BCUT2D eigenvalue weighted by Gasteiger charge is 2.33. The van der Waals surface area contributed by atoms with Crippen molar-refractivity contribution in [3.8, 4) is 0 Å². The first kappa shape index (κ1) is 20.3. The number of aromatic nitrogens is 1. The Kier molecular flexibility index (Phi) is 5.97. The molecule has 1 aliphatic heterocycles. The van der Waals surface area contributed by atoms with Crippen molar-refractivity contribution in [2.45, 2.75) is 6.04 Å². The molecule has 1 aromatic heterocycles. The van der Waals surface area contributed by atoms with Gasteiger partial charge in [-0.3, -0.25) is 9.69 Å². The largest absolute Gasteiger partial charge is 0.468 e. The lowest BCUT2D eigenvalue weighted by Gasteiger charge is -2.38. The first-order valence-corrected chi connectivity index (χ1v) is 10.2. The number of piperazine rings is 1. The molecule has 0 N–H and O–H groups in total. The van der Waals surface area contributed by atoms with Gasteiger partial charge in [0.25, 0.3) is 5.91 Å². The summed E-state index contributed by atoms with van der Waals surface area (Å²) in [6.45, 7) is 2.05. The summed E-state index contributed by atoms with van der Waals surface area (Å²) in [5.41, 5.74) is 1.94. The van der Waals surface area contributed by atoms with Crippen molar-refractivity contribution in [2.24, 2.45) is 0 Å². The van der Waals surface area contributed by atoms with Crippen molar-refractivity contribution in [2.75, 3.05) is 33.3 Å². The molecule has 6 nitrogen and oxygen atoms in total. The molecule has 0 bridgehead atoms. The van der Waals surface area contributed by atoms with Crippen molar-refractivity contribution in [3.63, 3.8) is 0 Å². The Labute approximate surface area is 180 Å². The predicted molar refractivity (Wildman–Crippen MR) is 115 cm³/mol. The molecule has 7 heteroatoms. The number of pyridine rings is 1. The number of carbonyl (C=O) groups excluding carboxylic acids is 2. The number of para-hydroxylation sites is 1. The topological polar surface area (TPSA) is 62.7 Å². The van der Waals surface area contributed by atoms with Crippen LogP contribution in [0.25, 0.3) is 10.9 Å². The van der Waals surface area contributed by atoms with Gasteiger partial charge < -0.3 is 9.64 Å². The van der Waals surface area contributed by atoms with E-state index in [-0.39, 0.29) is 11.9 Å². The molecule has 0 aliphatic carbocycles. The monoisotopic (exact) mass is 423 g/mol. The SMILES string of the molecule is COC(=O)C(c1ccccc1Cl)N1CCN(C(=O)c2ccc3ccccc3n2)CC1. The zero-order valence-electron chi connectivity index (χ0n) is 16.6. The Morgan fingerprint density at radius 1 is 0.967 bits per heavy atom. The molecule has 0 radical (unpaired) electrons. The second kappa shape index (κ2) is 8.81. The zero-order valence-corrected chi connectivity index (χ0v) is 17.4. The van der Waals surface area contributed by atoms with E-state index in [1.54, 1.807) is 17.0 Å². The summed E-state index contributed by atoms with van der Waals surface area (Å²) >= 11 is 6.34. The van der Waals surface area contributed by atoms with E-state index in [0.717, 1.165) is 10.9 Å². The summed E-state index contributed by atoms with van der Waals surface area (Å²) in [6.07, 6.45) is 0. The van der Waals surface area contributed by atoms with Crippen LogP contribution in [0, 0.1) is 0 Å². The van der Waals surface area contributed by atoms with E-state index in [9.17, 15) is 9.59 Å². The van der Waals surface area contributed by atoms with Gasteiger partial charge in [0, 0.05) is 36.6 Å². The lowest BCUT2D eigenvalue weighted by atomic mass is 10.0. The van der Waals surface area contributed by atoms with E-state index in [1.165, 1.54) is 7.11 Å². The van der Waals surface area contributed by atoms with Gasteiger partial charge in [-0.2, -0.15) is 0 Å². The average Bonchev–Trinajstić information content (AvgIpc) is 2.80. The fourth-order valence-electron chi connectivity index (χ4n) is 3.81. The fraction of sp³-hybridized carbons (Fsp3) is 0.261. The number of hydrogen-bond donors (Lipinski definition) is 0. The van der Waals surface area contributed by atoms with E-state index in [4.69, 9.17) is 16.3 Å². The third-order valence-electron chi connectivity index (χ3n) is 5.41. The Morgan fingerprint density at radius 2 is 1.67 bits per heavy atom. The van der Waals surface area contributed by atoms with Gasteiger partial charge in [-0.05, 0) is 23.8 Å². The van der Waals surface area contributed by atoms with E-state index in [0.29, 0.717) is 42.5 Å². The highest BCUT2D eigenvalue weighted by molar-refractivity contribution is 6.31. The maximum atomic E-state index is 13.0. The van der Waals surface area contributed by atoms with Crippen LogP contribution in [0.3, 0.4) is 0 Å². The van der Waals surface area contributed by atoms with Gasteiger partial charge in [0.05, 0.1) is 12.6 Å². The molecule has 1 amide bonds. The molecule has 4 rings (SSSR count). The summed E-state index contributed by atoms with van der Waals surface area (Å²) in [5, 5.41) is 1.52. The summed E-state index contributed by atoms with van der Waals surface area (Å²) in [4.78, 5) is 33.8. The van der Waals surface area contributed by atoms with Crippen LogP contribution in [0.2, 0.25) is 5.02 Å². The maximum absolute atomic E-state index is 13.0. The number of halogens is 1. The number of nitrogens with zero attached hydrogens (tertiary/aromatic N) is 3. The molecular weight excluding hydrogens is 402 g/mol. The number of ether oxygens (including phenoxy) is 1. The van der Waals surface area contributed by atoms with Gasteiger partial charge in [0.2, 0.25) is 0 Å². The van der Waals surface area contributed by atoms with Crippen molar-refractivity contribution in [1.82, 2.24) is 14.8 Å². The summed E-state index contributed by atoms with van der Waals surface area (Å²) < 4.78 is 5.03. The quantitative estimate of drug-likeness (QED) is 0.600. The molecular formula is C23H22ClN3O3. The van der Waals surface area contributed by atoms with Crippen molar-refractivity contribution < 1.29 is 14.3 Å². The van der Waals surface area contributed by atoms with Gasteiger partial charge in [-0.15, -0.1) is 0 Å². The number of amides is 1. The molecule has 0 saturated carbocycles. The molecule has 154 valence electrons. The Bertz CT molecular complexity index is 1080. The lowest BCUT2D eigenvalue weighted by molar-refractivity contribution is -0.148. The summed E-state index contributed by atoms with van der Waals surface area (Å²) in [7, 11) is 1.37. The molecule has 1 fully saturated rings. The number of esters is 1. The molecule has 2 aromatic carbocycles.